The highest BCUT2D eigenvalue weighted by Gasteiger charge is 2.15. The van der Waals surface area contributed by atoms with E-state index in [1.165, 1.54) is 6.20 Å². The second-order valence-electron chi connectivity index (χ2n) is 3.24. The van der Waals surface area contributed by atoms with Gasteiger partial charge in [-0.2, -0.15) is 10.4 Å². The van der Waals surface area contributed by atoms with Crippen LogP contribution in [-0.2, 0) is 0 Å². The van der Waals surface area contributed by atoms with Gasteiger partial charge in [-0.05, 0) is 19.0 Å². The number of hydrogen-bond donors (Lipinski definition) is 2. The van der Waals surface area contributed by atoms with Crippen molar-refractivity contribution in [1.82, 2.24) is 15.5 Å². The lowest BCUT2D eigenvalue weighted by molar-refractivity contribution is 0.781. The number of aromatic nitrogens is 2. The third-order valence-corrected chi connectivity index (χ3v) is 2.24. The molecular formula is C9H11N5. The lowest BCUT2D eigenvalue weighted by atomic mass is 10.2. The molecule has 1 aromatic heterocycles. The number of hydrogen-bond acceptors (Lipinski definition) is 5. The van der Waals surface area contributed by atoms with Crippen molar-refractivity contribution in [3.63, 3.8) is 0 Å². The maximum atomic E-state index is 8.82. The number of anilines is 1. The average molecular weight is 189 g/mol. The van der Waals surface area contributed by atoms with Gasteiger partial charge in [0.2, 0.25) is 0 Å². The Balaban J connectivity index is 2.11. The summed E-state index contributed by atoms with van der Waals surface area (Å²) < 4.78 is 0. The second kappa shape index (κ2) is 4.03. The van der Waals surface area contributed by atoms with E-state index < -0.39 is 0 Å². The fraction of sp³-hybridized carbons (Fsp3) is 0.444. The Kier molecular flexibility index (Phi) is 2.56. The Morgan fingerprint density at radius 2 is 2.57 bits per heavy atom. The first kappa shape index (κ1) is 8.91. The normalized spacial score (nSPS) is 20.4. The summed E-state index contributed by atoms with van der Waals surface area (Å²) in [5.41, 5.74) is 0.548. The van der Waals surface area contributed by atoms with Crippen molar-refractivity contribution in [3.8, 4) is 6.07 Å². The van der Waals surface area contributed by atoms with E-state index in [0.717, 1.165) is 19.5 Å². The van der Waals surface area contributed by atoms with E-state index in [2.05, 4.69) is 26.9 Å². The van der Waals surface area contributed by atoms with Gasteiger partial charge in [-0.3, -0.25) is 0 Å². The Bertz CT molecular complexity index is 350. The van der Waals surface area contributed by atoms with E-state index >= 15 is 0 Å². The van der Waals surface area contributed by atoms with Crippen LogP contribution in [0, 0.1) is 11.3 Å². The molecule has 1 atom stereocenters. The van der Waals surface area contributed by atoms with Gasteiger partial charge in [0.1, 0.15) is 6.07 Å². The zero-order valence-corrected chi connectivity index (χ0v) is 7.70. The minimum Gasteiger partial charge on any atom is -0.363 e. The van der Waals surface area contributed by atoms with Crippen LogP contribution in [0.1, 0.15) is 12.0 Å². The molecule has 0 amide bonds. The smallest absolute Gasteiger partial charge is 0.166 e. The van der Waals surface area contributed by atoms with Crippen LogP contribution in [0.25, 0.3) is 0 Å². The van der Waals surface area contributed by atoms with E-state index in [1.807, 2.05) is 0 Å². The molecule has 2 heterocycles. The van der Waals surface area contributed by atoms with Crippen LogP contribution in [0.15, 0.2) is 12.3 Å². The first-order valence-corrected chi connectivity index (χ1v) is 4.59. The van der Waals surface area contributed by atoms with Gasteiger partial charge in [-0.25, -0.2) is 0 Å². The van der Waals surface area contributed by atoms with E-state index in [0.29, 0.717) is 17.4 Å². The third kappa shape index (κ3) is 1.80. The van der Waals surface area contributed by atoms with Gasteiger partial charge in [0, 0.05) is 12.6 Å². The molecule has 1 aliphatic heterocycles. The zero-order chi connectivity index (χ0) is 9.80. The fourth-order valence-corrected chi connectivity index (χ4v) is 1.50. The van der Waals surface area contributed by atoms with Crippen LogP contribution in [-0.4, -0.2) is 29.3 Å². The standard InChI is InChI=1S/C9H11N5/c10-5-7-1-4-12-14-9(7)13-8-2-3-11-6-8/h1,4,8,11H,2-3,6H2,(H,13,14). The maximum Gasteiger partial charge on any atom is 0.166 e. The molecule has 2 rings (SSSR count). The first-order valence-electron chi connectivity index (χ1n) is 4.59. The predicted octanol–water partition coefficient (Wildman–Crippen LogP) is 0.122. The molecule has 0 spiro atoms. The molecule has 5 heteroatoms. The molecule has 5 nitrogen and oxygen atoms in total. The van der Waals surface area contributed by atoms with Crippen molar-refractivity contribution in [3.05, 3.63) is 17.8 Å². The highest BCUT2D eigenvalue weighted by Crippen LogP contribution is 2.12. The molecule has 0 aromatic carbocycles. The largest absolute Gasteiger partial charge is 0.363 e. The lowest BCUT2D eigenvalue weighted by Gasteiger charge is -2.11. The van der Waals surface area contributed by atoms with Crippen molar-refractivity contribution < 1.29 is 0 Å². The maximum absolute atomic E-state index is 8.82. The minimum absolute atomic E-state index is 0.360. The van der Waals surface area contributed by atoms with Gasteiger partial charge in [0.25, 0.3) is 0 Å². The minimum atomic E-state index is 0.360. The van der Waals surface area contributed by atoms with Gasteiger partial charge in [-0.15, -0.1) is 5.10 Å². The molecule has 1 fully saturated rings. The average Bonchev–Trinajstić information content (AvgIpc) is 2.71. The SMILES string of the molecule is N#Cc1ccnnc1NC1CCNC1. The Labute approximate surface area is 82.2 Å². The highest BCUT2D eigenvalue weighted by atomic mass is 15.2. The summed E-state index contributed by atoms with van der Waals surface area (Å²) in [5.74, 6) is 0.587. The summed E-state index contributed by atoms with van der Waals surface area (Å²) in [4.78, 5) is 0. The molecule has 0 radical (unpaired) electrons. The van der Waals surface area contributed by atoms with Crippen LogP contribution in [0.5, 0.6) is 0 Å². The summed E-state index contributed by atoms with van der Waals surface area (Å²) in [6.07, 6.45) is 2.58. The van der Waals surface area contributed by atoms with E-state index in [4.69, 9.17) is 5.26 Å². The summed E-state index contributed by atoms with van der Waals surface area (Å²) in [6, 6.07) is 4.11. The monoisotopic (exact) mass is 189 g/mol. The van der Waals surface area contributed by atoms with Crippen molar-refractivity contribution in [1.29, 1.82) is 5.26 Å². The molecule has 0 aliphatic carbocycles. The van der Waals surface area contributed by atoms with Crippen LogP contribution in [0.2, 0.25) is 0 Å². The lowest BCUT2D eigenvalue weighted by Crippen LogP contribution is -2.23. The Hall–Kier alpha value is -1.67. The molecule has 1 unspecified atom stereocenters. The Morgan fingerprint density at radius 3 is 3.29 bits per heavy atom. The van der Waals surface area contributed by atoms with Gasteiger partial charge in [0.15, 0.2) is 5.82 Å². The number of nitrogens with zero attached hydrogens (tertiary/aromatic N) is 3. The van der Waals surface area contributed by atoms with Crippen LogP contribution in [0.4, 0.5) is 5.82 Å². The molecule has 72 valence electrons. The zero-order valence-electron chi connectivity index (χ0n) is 7.70. The van der Waals surface area contributed by atoms with Crippen LogP contribution < -0.4 is 10.6 Å². The molecule has 0 bridgehead atoms. The number of rotatable bonds is 2. The van der Waals surface area contributed by atoms with E-state index in [9.17, 15) is 0 Å². The summed E-state index contributed by atoms with van der Waals surface area (Å²) >= 11 is 0. The van der Waals surface area contributed by atoms with Crippen LogP contribution >= 0.6 is 0 Å². The molecule has 0 saturated carbocycles. The van der Waals surface area contributed by atoms with Gasteiger partial charge < -0.3 is 10.6 Å². The number of nitrogens with one attached hydrogen (secondary N) is 2. The molecule has 1 aromatic rings. The third-order valence-electron chi connectivity index (χ3n) is 2.24. The topological polar surface area (TPSA) is 73.6 Å². The Morgan fingerprint density at radius 1 is 1.64 bits per heavy atom. The summed E-state index contributed by atoms with van der Waals surface area (Å²) in [6.45, 7) is 1.93. The van der Waals surface area contributed by atoms with Crippen molar-refractivity contribution in [2.45, 2.75) is 12.5 Å². The first-order chi connectivity index (χ1) is 6.90. The quantitative estimate of drug-likeness (QED) is 0.691. The van der Waals surface area contributed by atoms with Crippen molar-refractivity contribution in [2.24, 2.45) is 0 Å². The molecular weight excluding hydrogens is 178 g/mol. The molecule has 14 heavy (non-hydrogen) atoms. The summed E-state index contributed by atoms with van der Waals surface area (Å²) in [7, 11) is 0. The summed E-state index contributed by atoms with van der Waals surface area (Å²) in [5, 5.41) is 22.9. The van der Waals surface area contributed by atoms with Crippen LogP contribution in [0.3, 0.4) is 0 Å². The van der Waals surface area contributed by atoms with Crippen molar-refractivity contribution >= 4 is 5.82 Å². The van der Waals surface area contributed by atoms with Gasteiger partial charge >= 0.3 is 0 Å². The van der Waals surface area contributed by atoms with E-state index in [-0.39, 0.29) is 0 Å². The van der Waals surface area contributed by atoms with Gasteiger partial charge in [0.05, 0.1) is 11.8 Å². The van der Waals surface area contributed by atoms with Gasteiger partial charge in [-0.1, -0.05) is 0 Å². The number of nitriles is 1. The fourth-order valence-electron chi connectivity index (χ4n) is 1.50. The molecule has 1 aliphatic rings. The molecule has 2 N–H and O–H groups in total. The van der Waals surface area contributed by atoms with Crippen molar-refractivity contribution in [2.75, 3.05) is 18.4 Å². The predicted molar refractivity (Wildman–Crippen MR) is 51.6 cm³/mol. The van der Waals surface area contributed by atoms with E-state index in [1.54, 1.807) is 6.07 Å². The molecule has 1 saturated heterocycles. The highest BCUT2D eigenvalue weighted by molar-refractivity contribution is 5.50. The second-order valence-corrected chi connectivity index (χ2v) is 3.24.